The minimum Gasteiger partial charge on any atom is -0.309 e. The first kappa shape index (κ1) is 23.3. The van der Waals surface area contributed by atoms with E-state index in [0.717, 1.165) is 11.4 Å². The number of para-hydroxylation sites is 2. The molecule has 8 aromatic rings. The summed E-state index contributed by atoms with van der Waals surface area (Å²) >= 11 is 3.45. The molecule has 6 aromatic carbocycles. The van der Waals surface area contributed by atoms with Gasteiger partial charge in [0, 0.05) is 32.9 Å². The number of nitrogens with zero attached hydrogens (tertiary/aromatic N) is 2. The van der Waals surface area contributed by atoms with Crippen LogP contribution in [0.25, 0.3) is 32.3 Å². The van der Waals surface area contributed by atoms with Crippen LogP contribution in [0.2, 0.25) is 0 Å². The fourth-order valence-electron chi connectivity index (χ4n) is 5.94. The van der Waals surface area contributed by atoms with E-state index in [9.17, 15) is 0 Å². The predicted octanol–water partition coefficient (Wildman–Crippen LogP) is 11.6. The van der Waals surface area contributed by atoms with Gasteiger partial charge in [-0.25, -0.2) is 0 Å². The van der Waals surface area contributed by atoms with E-state index in [-0.39, 0.29) is 0 Å². The maximum Gasteiger partial charge on any atom is 0.0568 e. The Morgan fingerprint density at radius 3 is 1.20 bits per heavy atom. The molecule has 0 spiro atoms. The summed E-state index contributed by atoms with van der Waals surface area (Å²) in [5.41, 5.74) is 7.05. The van der Waals surface area contributed by atoms with Crippen molar-refractivity contribution in [3.05, 3.63) is 143 Å². The average Bonchev–Trinajstić information content (AvgIpc) is 3.74. The van der Waals surface area contributed by atoms with E-state index in [4.69, 9.17) is 0 Å². The van der Waals surface area contributed by atoms with E-state index in [2.05, 4.69) is 153 Å². The van der Waals surface area contributed by atoms with Gasteiger partial charge in [-0.05, 0) is 80.8 Å². The first-order valence-electron chi connectivity index (χ1n) is 13.3. The smallest absolute Gasteiger partial charge is 0.0568 e. The first-order valence-corrected chi connectivity index (χ1v) is 15.2. The lowest BCUT2D eigenvalue weighted by molar-refractivity contribution is 1.31. The van der Waals surface area contributed by atoms with Gasteiger partial charge in [0.2, 0.25) is 0 Å². The molecule has 0 bridgehead atoms. The molecule has 2 heterocycles. The van der Waals surface area contributed by atoms with Gasteiger partial charge in [0.15, 0.2) is 0 Å². The minimum absolute atomic E-state index is 1.16. The monoisotopic (exact) mass is 548 g/mol. The predicted molar refractivity (Wildman–Crippen MR) is 175 cm³/mol. The fraction of sp³-hybridized carbons (Fsp3) is 0. The van der Waals surface area contributed by atoms with Gasteiger partial charge in [-0.3, -0.25) is 0 Å². The van der Waals surface area contributed by atoms with Crippen LogP contribution in [0.3, 0.4) is 0 Å². The zero-order valence-electron chi connectivity index (χ0n) is 21.6. The van der Waals surface area contributed by atoms with Crippen LogP contribution < -0.4 is 9.80 Å². The molecule has 0 saturated carbocycles. The van der Waals surface area contributed by atoms with Crippen molar-refractivity contribution in [3.8, 4) is 0 Å². The minimum atomic E-state index is 1.16. The van der Waals surface area contributed by atoms with E-state index in [1.807, 2.05) is 0 Å². The van der Waals surface area contributed by atoms with Crippen LogP contribution in [0.4, 0.5) is 34.1 Å². The SMILES string of the molecule is c1ccc(N(c2ccsc2)c2ccc3ccc4c(N(c5ccccc5)c5ccsc5)ccc5ccc2c3c54)cc1. The normalized spacial score (nSPS) is 11.5. The second-order valence-electron chi connectivity index (χ2n) is 9.90. The summed E-state index contributed by atoms with van der Waals surface area (Å²) in [4.78, 5) is 4.76. The number of rotatable bonds is 6. The molecular weight excluding hydrogens is 525 g/mol. The summed E-state index contributed by atoms with van der Waals surface area (Å²) in [5, 5.41) is 16.4. The van der Waals surface area contributed by atoms with Crippen LogP contribution in [0.5, 0.6) is 0 Å². The van der Waals surface area contributed by atoms with Gasteiger partial charge in [0.05, 0.1) is 22.7 Å². The summed E-state index contributed by atoms with van der Waals surface area (Å²) in [6, 6.07) is 44.0. The summed E-state index contributed by atoms with van der Waals surface area (Å²) in [5.74, 6) is 0. The van der Waals surface area contributed by atoms with Crippen molar-refractivity contribution in [2.75, 3.05) is 9.80 Å². The van der Waals surface area contributed by atoms with Gasteiger partial charge in [-0.1, -0.05) is 72.8 Å². The highest BCUT2D eigenvalue weighted by atomic mass is 32.1. The summed E-state index contributed by atoms with van der Waals surface area (Å²) in [6.07, 6.45) is 0. The van der Waals surface area contributed by atoms with Crippen LogP contribution in [0.1, 0.15) is 0 Å². The molecule has 0 fully saturated rings. The lowest BCUT2D eigenvalue weighted by atomic mass is 9.92. The van der Waals surface area contributed by atoms with Crippen molar-refractivity contribution in [1.82, 2.24) is 0 Å². The van der Waals surface area contributed by atoms with Gasteiger partial charge in [0.1, 0.15) is 0 Å². The number of anilines is 6. The van der Waals surface area contributed by atoms with Gasteiger partial charge < -0.3 is 9.80 Å². The standard InChI is InChI=1S/C36H24N2S2/c1-3-7-27(8-4-1)37(29-19-21-39-23-29)33-17-13-25-12-16-32-34(18-14-26-11-15-31(33)35(25)36(26)32)38(30-20-22-40-24-30)28-9-5-2-6-10-28/h1-24H. The largest absolute Gasteiger partial charge is 0.309 e. The molecule has 0 atom stereocenters. The molecule has 0 aliphatic carbocycles. The molecule has 0 aliphatic rings. The number of hydrogen-bond donors (Lipinski definition) is 0. The Kier molecular flexibility index (Phi) is 5.54. The first-order chi connectivity index (χ1) is 19.9. The topological polar surface area (TPSA) is 6.48 Å². The third-order valence-electron chi connectivity index (χ3n) is 7.66. The van der Waals surface area contributed by atoms with Crippen molar-refractivity contribution in [1.29, 1.82) is 0 Å². The average molecular weight is 549 g/mol. The fourth-order valence-corrected chi connectivity index (χ4v) is 7.18. The second-order valence-corrected chi connectivity index (χ2v) is 11.5. The summed E-state index contributed by atoms with van der Waals surface area (Å²) in [7, 11) is 0. The third-order valence-corrected chi connectivity index (χ3v) is 9.00. The molecule has 0 aliphatic heterocycles. The molecule has 2 aromatic heterocycles. The highest BCUT2D eigenvalue weighted by Gasteiger charge is 2.21. The van der Waals surface area contributed by atoms with Crippen molar-refractivity contribution >= 4 is 89.1 Å². The van der Waals surface area contributed by atoms with Gasteiger partial charge in [-0.2, -0.15) is 22.7 Å². The maximum absolute atomic E-state index is 2.38. The summed E-state index contributed by atoms with van der Waals surface area (Å²) in [6.45, 7) is 0. The van der Waals surface area contributed by atoms with Crippen molar-refractivity contribution in [2.24, 2.45) is 0 Å². The zero-order chi connectivity index (χ0) is 26.5. The molecule has 0 radical (unpaired) electrons. The van der Waals surface area contributed by atoms with Crippen LogP contribution in [-0.2, 0) is 0 Å². The number of thiophene rings is 2. The Morgan fingerprint density at radius 1 is 0.375 bits per heavy atom. The van der Waals surface area contributed by atoms with Crippen LogP contribution >= 0.6 is 22.7 Å². The lowest BCUT2D eigenvalue weighted by Gasteiger charge is -2.28. The number of hydrogen-bond acceptors (Lipinski definition) is 4. The lowest BCUT2D eigenvalue weighted by Crippen LogP contribution is -2.10. The Labute approximate surface area is 240 Å². The van der Waals surface area contributed by atoms with E-state index in [1.165, 1.54) is 55.1 Å². The Hall–Kier alpha value is -4.64. The zero-order valence-corrected chi connectivity index (χ0v) is 23.2. The molecule has 8 rings (SSSR count). The summed E-state index contributed by atoms with van der Waals surface area (Å²) < 4.78 is 0. The van der Waals surface area contributed by atoms with Gasteiger partial charge in [0.25, 0.3) is 0 Å². The Bertz CT molecular complexity index is 1900. The van der Waals surface area contributed by atoms with E-state index in [1.54, 1.807) is 22.7 Å². The van der Waals surface area contributed by atoms with E-state index < -0.39 is 0 Å². The van der Waals surface area contributed by atoms with Crippen molar-refractivity contribution < 1.29 is 0 Å². The van der Waals surface area contributed by atoms with Crippen LogP contribution in [-0.4, -0.2) is 0 Å². The Morgan fingerprint density at radius 2 is 0.800 bits per heavy atom. The molecule has 0 unspecified atom stereocenters. The molecule has 4 heteroatoms. The molecule has 2 nitrogen and oxygen atoms in total. The molecule has 0 N–H and O–H groups in total. The Balaban J connectivity index is 1.42. The van der Waals surface area contributed by atoms with E-state index >= 15 is 0 Å². The molecule has 40 heavy (non-hydrogen) atoms. The highest BCUT2D eigenvalue weighted by Crippen LogP contribution is 2.47. The second kappa shape index (κ2) is 9.53. The third kappa shape index (κ3) is 3.69. The quantitative estimate of drug-likeness (QED) is 0.191. The molecule has 0 saturated heterocycles. The molecule has 0 amide bonds. The van der Waals surface area contributed by atoms with Gasteiger partial charge in [-0.15, -0.1) is 0 Å². The van der Waals surface area contributed by atoms with Crippen LogP contribution in [0.15, 0.2) is 143 Å². The molecule has 190 valence electrons. The van der Waals surface area contributed by atoms with E-state index in [0.29, 0.717) is 0 Å². The van der Waals surface area contributed by atoms with Gasteiger partial charge >= 0.3 is 0 Å². The van der Waals surface area contributed by atoms with Crippen LogP contribution in [0, 0.1) is 0 Å². The highest BCUT2D eigenvalue weighted by molar-refractivity contribution is 7.08. The molecular formula is C36H24N2S2. The maximum atomic E-state index is 2.38. The number of benzene rings is 6. The van der Waals surface area contributed by atoms with Crippen molar-refractivity contribution in [3.63, 3.8) is 0 Å². The van der Waals surface area contributed by atoms with Crippen molar-refractivity contribution in [2.45, 2.75) is 0 Å².